The van der Waals surface area contributed by atoms with Crippen molar-refractivity contribution in [2.45, 2.75) is 79.4 Å². The molecule has 5 amide bonds. The molecule has 0 radical (unpaired) electrons. The average Bonchev–Trinajstić information content (AvgIpc) is 2.85. The normalized spacial score (nSPS) is 13.4. The molecule has 0 rings (SSSR count). The molecule has 0 aliphatic rings. The number of hydrogen-bond donors (Lipinski definition) is 4. The fourth-order valence-electron chi connectivity index (χ4n) is 3.32. The van der Waals surface area contributed by atoms with Crippen molar-refractivity contribution in [1.82, 2.24) is 26.2 Å². The summed E-state index contributed by atoms with van der Waals surface area (Å²) in [6, 6.07) is -3.78. The van der Waals surface area contributed by atoms with Gasteiger partial charge in [0.05, 0.1) is 19.0 Å². The largest absolute Gasteiger partial charge is 0.508 e. The van der Waals surface area contributed by atoms with Crippen molar-refractivity contribution in [1.29, 1.82) is 0 Å². The highest BCUT2D eigenvalue weighted by molar-refractivity contribution is 6.38. The SMILES string of the molecule is C=CCOC(=O)OCCNC(=O)C(=O)C(C)NC(=O)C(CC(=O)N(C)C)NC(=O)C(NC(=O)CC(C)(C)C)C(C)(C)C. The first-order valence-electron chi connectivity index (χ1n) is 13.5. The molecule has 42 heavy (non-hydrogen) atoms. The second-order valence-corrected chi connectivity index (χ2v) is 12.2. The third-order valence-electron chi connectivity index (χ3n) is 5.54. The van der Waals surface area contributed by atoms with Crippen molar-refractivity contribution in [3.05, 3.63) is 12.7 Å². The van der Waals surface area contributed by atoms with E-state index >= 15 is 0 Å². The van der Waals surface area contributed by atoms with Crippen LogP contribution < -0.4 is 21.3 Å². The van der Waals surface area contributed by atoms with Crippen LogP contribution in [0.25, 0.3) is 0 Å². The van der Waals surface area contributed by atoms with Gasteiger partial charge < -0.3 is 35.6 Å². The monoisotopic (exact) mass is 597 g/mol. The molecule has 14 nitrogen and oxygen atoms in total. The molecule has 0 fully saturated rings. The summed E-state index contributed by atoms with van der Waals surface area (Å²) < 4.78 is 9.31. The zero-order chi connectivity index (χ0) is 32.8. The molecule has 0 saturated heterocycles. The smallest absolute Gasteiger partial charge is 0.432 e. The molecule has 3 unspecified atom stereocenters. The first-order chi connectivity index (χ1) is 19.2. The Labute approximate surface area is 247 Å². The zero-order valence-corrected chi connectivity index (χ0v) is 26.2. The van der Waals surface area contributed by atoms with Crippen LogP contribution in [-0.4, -0.2) is 98.4 Å². The van der Waals surface area contributed by atoms with E-state index in [4.69, 9.17) is 4.74 Å². The maximum Gasteiger partial charge on any atom is 0.508 e. The molecule has 0 aliphatic carbocycles. The van der Waals surface area contributed by atoms with Crippen molar-refractivity contribution in [2.75, 3.05) is 33.9 Å². The molecule has 4 N–H and O–H groups in total. The Bertz CT molecular complexity index is 1010. The number of carbonyl (C=O) groups excluding carboxylic acids is 7. The lowest BCUT2D eigenvalue weighted by Gasteiger charge is -2.33. The molecule has 238 valence electrons. The Morgan fingerprint density at radius 1 is 0.881 bits per heavy atom. The highest BCUT2D eigenvalue weighted by Crippen LogP contribution is 2.22. The Morgan fingerprint density at radius 2 is 1.48 bits per heavy atom. The third-order valence-corrected chi connectivity index (χ3v) is 5.54. The highest BCUT2D eigenvalue weighted by Gasteiger charge is 2.37. The molecular formula is C28H47N5O9. The number of ether oxygens (including phenoxy) is 2. The van der Waals surface area contributed by atoms with E-state index in [0.29, 0.717) is 0 Å². The lowest BCUT2D eigenvalue weighted by molar-refractivity contribution is -0.141. The first-order valence-corrected chi connectivity index (χ1v) is 13.5. The summed E-state index contributed by atoms with van der Waals surface area (Å²) >= 11 is 0. The van der Waals surface area contributed by atoms with E-state index in [0.717, 1.165) is 0 Å². The minimum Gasteiger partial charge on any atom is -0.432 e. The predicted molar refractivity (Wildman–Crippen MR) is 154 cm³/mol. The maximum absolute atomic E-state index is 13.3. The van der Waals surface area contributed by atoms with E-state index in [2.05, 4.69) is 32.6 Å². The lowest BCUT2D eigenvalue weighted by atomic mass is 9.85. The van der Waals surface area contributed by atoms with Crippen LogP contribution in [0.15, 0.2) is 12.7 Å². The van der Waals surface area contributed by atoms with Gasteiger partial charge in [0.2, 0.25) is 29.4 Å². The fourth-order valence-corrected chi connectivity index (χ4v) is 3.32. The van der Waals surface area contributed by atoms with Gasteiger partial charge in [0, 0.05) is 20.5 Å². The summed E-state index contributed by atoms with van der Waals surface area (Å²) in [7, 11) is 2.95. The van der Waals surface area contributed by atoms with Crippen LogP contribution in [0.4, 0.5) is 4.79 Å². The summed E-state index contributed by atoms with van der Waals surface area (Å²) in [4.78, 5) is 88.8. The number of hydrogen-bond acceptors (Lipinski definition) is 9. The minimum absolute atomic E-state index is 0.0504. The van der Waals surface area contributed by atoms with Crippen molar-refractivity contribution in [2.24, 2.45) is 10.8 Å². The molecule has 0 saturated carbocycles. The highest BCUT2D eigenvalue weighted by atomic mass is 16.7. The summed E-state index contributed by atoms with van der Waals surface area (Å²) in [5.41, 5.74) is -1.08. The van der Waals surface area contributed by atoms with Gasteiger partial charge in [-0.15, -0.1) is 0 Å². The van der Waals surface area contributed by atoms with Gasteiger partial charge in [-0.2, -0.15) is 0 Å². The molecule has 0 aliphatic heterocycles. The fraction of sp³-hybridized carbons (Fsp3) is 0.679. The van der Waals surface area contributed by atoms with Crippen LogP contribution >= 0.6 is 0 Å². The van der Waals surface area contributed by atoms with Crippen molar-refractivity contribution < 1.29 is 43.0 Å². The number of ketones is 1. The van der Waals surface area contributed by atoms with Crippen molar-refractivity contribution in [3.63, 3.8) is 0 Å². The summed E-state index contributed by atoms with van der Waals surface area (Å²) in [5.74, 6) is -4.47. The second kappa shape index (κ2) is 17.1. The van der Waals surface area contributed by atoms with Crippen LogP contribution in [0.3, 0.4) is 0 Å². The van der Waals surface area contributed by atoms with E-state index in [1.165, 1.54) is 32.0 Å². The number of nitrogens with one attached hydrogen (secondary N) is 4. The molecule has 3 atom stereocenters. The zero-order valence-electron chi connectivity index (χ0n) is 26.2. The van der Waals surface area contributed by atoms with Crippen molar-refractivity contribution >= 4 is 41.5 Å². The number of nitrogens with zero attached hydrogens (tertiary/aromatic N) is 1. The summed E-state index contributed by atoms with van der Waals surface area (Å²) in [6.07, 6.45) is 0.0879. The quantitative estimate of drug-likeness (QED) is 0.0899. The van der Waals surface area contributed by atoms with Gasteiger partial charge in [-0.05, 0) is 17.8 Å². The minimum atomic E-state index is -1.41. The maximum atomic E-state index is 13.3. The van der Waals surface area contributed by atoms with Gasteiger partial charge in [0.15, 0.2) is 0 Å². The van der Waals surface area contributed by atoms with Gasteiger partial charge >= 0.3 is 6.16 Å². The number of Topliss-reactive ketones (excluding diaryl/α,β-unsaturated/α-hetero) is 1. The van der Waals surface area contributed by atoms with Crippen LogP contribution in [0.5, 0.6) is 0 Å². The van der Waals surface area contributed by atoms with Crippen LogP contribution in [-0.2, 0) is 38.2 Å². The van der Waals surface area contributed by atoms with E-state index < -0.39 is 65.5 Å². The Balaban J connectivity index is 5.48. The third kappa shape index (κ3) is 15.1. The van der Waals surface area contributed by atoms with Gasteiger partial charge in [-0.1, -0.05) is 54.2 Å². The first kappa shape index (κ1) is 38.0. The molecule has 0 aromatic rings. The van der Waals surface area contributed by atoms with Crippen LogP contribution in [0.2, 0.25) is 0 Å². The van der Waals surface area contributed by atoms with E-state index in [1.54, 1.807) is 20.8 Å². The summed E-state index contributed by atoms with van der Waals surface area (Å²) in [6.45, 7) is 15.0. The topological polar surface area (TPSA) is 189 Å². The summed E-state index contributed by atoms with van der Waals surface area (Å²) in [5, 5.41) is 9.86. The van der Waals surface area contributed by atoms with Crippen LogP contribution in [0, 0.1) is 10.8 Å². The van der Waals surface area contributed by atoms with Gasteiger partial charge in [-0.3, -0.25) is 28.8 Å². The number of rotatable bonds is 15. The van der Waals surface area contributed by atoms with Gasteiger partial charge in [0.25, 0.3) is 5.91 Å². The molecular weight excluding hydrogens is 550 g/mol. The average molecular weight is 598 g/mol. The Kier molecular flexibility index (Phi) is 15.5. The Hall–Kier alpha value is -3.97. The number of carbonyl (C=O) groups is 7. The standard InChI is InChI=1S/C28H47N5O9/c1-11-13-41-26(40)42-14-12-29-24(38)21(36)17(2)30-23(37)18(15-20(35)33(9)10)31-25(39)22(28(6,7)8)32-19(34)16-27(3,4)5/h11,17-18,22H,1,12-16H2,2-10H3,(H,29,38)(H,30,37)(H,31,39)(H,32,34). The molecule has 14 heteroatoms. The lowest BCUT2D eigenvalue weighted by Crippen LogP contribution is -2.59. The van der Waals surface area contributed by atoms with Crippen molar-refractivity contribution in [3.8, 4) is 0 Å². The van der Waals surface area contributed by atoms with E-state index in [-0.39, 0.29) is 37.5 Å². The molecule has 0 heterocycles. The predicted octanol–water partition coefficient (Wildman–Crippen LogP) is 0.446. The Morgan fingerprint density at radius 3 is 1.98 bits per heavy atom. The van der Waals surface area contributed by atoms with E-state index in [1.807, 2.05) is 20.8 Å². The molecule has 0 spiro atoms. The number of amides is 5. The van der Waals surface area contributed by atoms with E-state index in [9.17, 15) is 33.6 Å². The van der Waals surface area contributed by atoms with Gasteiger partial charge in [0.1, 0.15) is 25.3 Å². The molecule has 0 aromatic carbocycles. The van der Waals surface area contributed by atoms with Gasteiger partial charge in [-0.25, -0.2) is 4.79 Å². The molecule has 0 bridgehead atoms. The van der Waals surface area contributed by atoms with Crippen LogP contribution in [0.1, 0.15) is 61.3 Å². The second-order valence-electron chi connectivity index (χ2n) is 12.2. The molecule has 0 aromatic heterocycles.